The van der Waals surface area contributed by atoms with Crippen LogP contribution in [0.3, 0.4) is 0 Å². The zero-order valence-corrected chi connectivity index (χ0v) is 13.5. The summed E-state index contributed by atoms with van der Waals surface area (Å²) < 4.78 is 0. The van der Waals surface area contributed by atoms with Crippen LogP contribution in [0, 0.1) is 11.5 Å². The van der Waals surface area contributed by atoms with Gasteiger partial charge in [0.25, 0.3) is 5.91 Å². The summed E-state index contributed by atoms with van der Waals surface area (Å²) in [5.41, 5.74) is 3.14. The molecule has 0 unspecified atom stereocenters. The van der Waals surface area contributed by atoms with Crippen LogP contribution in [0.5, 0.6) is 0 Å². The van der Waals surface area contributed by atoms with Gasteiger partial charge in [-0.05, 0) is 34.5 Å². The molecule has 0 spiro atoms. The van der Waals surface area contributed by atoms with Crippen LogP contribution < -0.4 is 5.32 Å². The number of amides is 1. The fourth-order valence-corrected chi connectivity index (χ4v) is 2.91. The Morgan fingerprint density at radius 2 is 1.56 bits per heavy atom. The van der Waals surface area contributed by atoms with E-state index in [-0.39, 0.29) is 35.5 Å². The number of carbonyl (C=O) groups excluding carboxylic acids is 1. The second-order valence-corrected chi connectivity index (χ2v) is 6.02. The van der Waals surface area contributed by atoms with Crippen molar-refractivity contribution in [2.45, 2.75) is 0 Å². The van der Waals surface area contributed by atoms with Crippen molar-refractivity contribution in [3.05, 3.63) is 76.2 Å². The van der Waals surface area contributed by atoms with Crippen LogP contribution in [0.4, 0.5) is 0 Å². The first-order valence-electron chi connectivity index (χ1n) is 7.25. The van der Waals surface area contributed by atoms with E-state index in [0.717, 1.165) is 28.5 Å². The third-order valence-electron chi connectivity index (χ3n) is 3.30. The van der Waals surface area contributed by atoms with Crippen molar-refractivity contribution in [1.29, 1.82) is 5.26 Å². The summed E-state index contributed by atoms with van der Waals surface area (Å²) in [6, 6.07) is 18.0. The van der Waals surface area contributed by atoms with Crippen LogP contribution in [0.15, 0.2) is 64.5 Å². The number of aliphatic imine (C=N–C) groups is 1. The summed E-state index contributed by atoms with van der Waals surface area (Å²) in [6.45, 7) is 0. The average molecular weight is 355 g/mol. The van der Waals surface area contributed by atoms with Gasteiger partial charge in [-0.3, -0.25) is 10.1 Å². The van der Waals surface area contributed by atoms with Crippen molar-refractivity contribution in [2.75, 3.05) is 0 Å². The molecule has 2 aromatic carbocycles. The van der Waals surface area contributed by atoms with E-state index >= 15 is 0 Å². The quantitative estimate of drug-likeness (QED) is 0.398. The molecule has 0 bridgehead atoms. The molecule has 0 aromatic heterocycles. The second kappa shape index (κ2) is 9.40. The molecule has 0 atom stereocenters. The van der Waals surface area contributed by atoms with E-state index in [0.29, 0.717) is 10.1 Å². The Labute approximate surface area is 172 Å². The van der Waals surface area contributed by atoms with Gasteiger partial charge in [-0.25, -0.2) is 0 Å². The molecule has 118 valence electrons. The molecule has 1 fully saturated rings. The molecule has 6 heteroatoms. The summed E-state index contributed by atoms with van der Waals surface area (Å²) in [5.74, 6) is -0.234. The molecular formula is C19H14N3NaOS. The average Bonchev–Trinajstić information content (AvgIpc) is 2.95. The Hall–Kier alpha value is -2.10. The first-order valence-corrected chi connectivity index (χ1v) is 8.07. The molecule has 2 aromatic rings. The van der Waals surface area contributed by atoms with Crippen LogP contribution in [0.25, 0.3) is 18.2 Å². The number of nitriles is 1. The van der Waals surface area contributed by atoms with E-state index in [1.807, 2.05) is 60.7 Å². The SMILES string of the molecule is N#C/N=C1\NC(=O)/C(=C\c2ccc(/C=C/c3ccccc3)cc2)S1.[NaH]. The Kier molecular flexibility index (Phi) is 7.23. The van der Waals surface area contributed by atoms with E-state index in [4.69, 9.17) is 5.26 Å². The maximum absolute atomic E-state index is 11.8. The van der Waals surface area contributed by atoms with Gasteiger partial charge < -0.3 is 0 Å². The third kappa shape index (κ3) is 5.45. The van der Waals surface area contributed by atoms with Crippen molar-refractivity contribution in [2.24, 2.45) is 4.99 Å². The van der Waals surface area contributed by atoms with Gasteiger partial charge >= 0.3 is 29.6 Å². The van der Waals surface area contributed by atoms with Crippen molar-refractivity contribution >= 4 is 70.6 Å². The Morgan fingerprint density at radius 3 is 2.20 bits per heavy atom. The number of benzene rings is 2. The molecule has 1 aliphatic rings. The molecule has 1 N–H and O–H groups in total. The monoisotopic (exact) mass is 355 g/mol. The Morgan fingerprint density at radius 1 is 0.960 bits per heavy atom. The minimum atomic E-state index is -0.234. The van der Waals surface area contributed by atoms with Gasteiger partial charge in [-0.2, -0.15) is 5.26 Å². The zero-order chi connectivity index (χ0) is 16.8. The number of hydrogen-bond acceptors (Lipinski definition) is 4. The van der Waals surface area contributed by atoms with Crippen LogP contribution >= 0.6 is 11.8 Å². The summed E-state index contributed by atoms with van der Waals surface area (Å²) in [5, 5.41) is 11.4. The predicted molar refractivity (Wildman–Crippen MR) is 106 cm³/mol. The summed E-state index contributed by atoms with van der Waals surface area (Å²) in [6.07, 6.45) is 7.55. The van der Waals surface area contributed by atoms with Crippen LogP contribution in [-0.4, -0.2) is 40.6 Å². The van der Waals surface area contributed by atoms with Gasteiger partial charge in [0.05, 0.1) is 4.91 Å². The standard InChI is InChI=1S/C19H13N3OS.Na.H/c20-13-21-19-22-18(23)17(24-19)12-16-10-8-15(9-11-16)7-6-14-4-2-1-3-5-14;;/h1-12H,(H,21,22,23);;/b7-6+,17-12+;;. The number of amidine groups is 1. The number of hydrogen-bond donors (Lipinski definition) is 1. The van der Waals surface area contributed by atoms with Crippen LogP contribution in [0.1, 0.15) is 16.7 Å². The first-order chi connectivity index (χ1) is 11.7. The van der Waals surface area contributed by atoms with Gasteiger partial charge in [0.2, 0.25) is 6.19 Å². The minimum absolute atomic E-state index is 0. The van der Waals surface area contributed by atoms with Crippen molar-refractivity contribution in [3.8, 4) is 6.19 Å². The molecule has 4 nitrogen and oxygen atoms in total. The molecule has 0 aliphatic carbocycles. The van der Waals surface area contributed by atoms with E-state index in [1.165, 1.54) is 0 Å². The topological polar surface area (TPSA) is 65.2 Å². The van der Waals surface area contributed by atoms with E-state index in [2.05, 4.69) is 16.4 Å². The molecular weight excluding hydrogens is 341 g/mol. The normalized spacial score (nSPS) is 16.7. The molecule has 0 radical (unpaired) electrons. The van der Waals surface area contributed by atoms with Gasteiger partial charge in [-0.15, -0.1) is 4.99 Å². The van der Waals surface area contributed by atoms with Crippen LogP contribution in [0.2, 0.25) is 0 Å². The van der Waals surface area contributed by atoms with E-state index < -0.39 is 0 Å². The van der Waals surface area contributed by atoms with E-state index in [1.54, 1.807) is 12.3 Å². The molecule has 25 heavy (non-hydrogen) atoms. The summed E-state index contributed by atoms with van der Waals surface area (Å²) in [4.78, 5) is 15.8. The number of nitrogens with one attached hydrogen (secondary N) is 1. The van der Waals surface area contributed by atoms with Crippen molar-refractivity contribution in [1.82, 2.24) is 5.32 Å². The Balaban J connectivity index is 0.00000225. The van der Waals surface area contributed by atoms with Crippen LogP contribution in [-0.2, 0) is 4.79 Å². The fraction of sp³-hybridized carbons (Fsp3) is 0. The molecule has 0 saturated carbocycles. The van der Waals surface area contributed by atoms with Gasteiger partial charge in [0.15, 0.2) is 5.17 Å². The van der Waals surface area contributed by atoms with Gasteiger partial charge in [0, 0.05) is 0 Å². The maximum atomic E-state index is 11.8. The summed E-state index contributed by atoms with van der Waals surface area (Å²) >= 11 is 1.16. The zero-order valence-electron chi connectivity index (χ0n) is 12.6. The van der Waals surface area contributed by atoms with E-state index in [9.17, 15) is 4.79 Å². The molecule has 1 aliphatic heterocycles. The number of nitrogens with zero attached hydrogens (tertiary/aromatic N) is 2. The number of thioether (sulfide) groups is 1. The molecule has 3 rings (SSSR count). The fourth-order valence-electron chi connectivity index (χ4n) is 2.14. The summed E-state index contributed by atoms with van der Waals surface area (Å²) in [7, 11) is 0. The molecule has 1 amide bonds. The molecule has 1 heterocycles. The molecule has 1 saturated heterocycles. The number of rotatable bonds is 3. The first kappa shape index (κ1) is 19.2. The number of carbonyl (C=O) groups is 1. The van der Waals surface area contributed by atoms with Gasteiger partial charge in [-0.1, -0.05) is 66.7 Å². The third-order valence-corrected chi connectivity index (χ3v) is 4.21. The van der Waals surface area contributed by atoms with Gasteiger partial charge in [0.1, 0.15) is 0 Å². The Bertz CT molecular complexity index is 881. The predicted octanol–water partition coefficient (Wildman–Crippen LogP) is 3.25. The van der Waals surface area contributed by atoms with Crippen molar-refractivity contribution < 1.29 is 4.79 Å². The second-order valence-electron chi connectivity index (χ2n) is 4.99. The van der Waals surface area contributed by atoms with Crippen molar-refractivity contribution in [3.63, 3.8) is 0 Å².